The van der Waals surface area contributed by atoms with Gasteiger partial charge in [0.2, 0.25) is 0 Å². The summed E-state index contributed by atoms with van der Waals surface area (Å²) in [6, 6.07) is 5.32. The molecule has 0 bridgehead atoms. The average Bonchev–Trinajstić information content (AvgIpc) is 2.54. The highest BCUT2D eigenvalue weighted by Gasteiger charge is 2.18. The molecule has 0 N–H and O–H groups in total. The normalized spacial score (nSPS) is 21.6. The molecular formula is C21H27F. The third-order valence-electron chi connectivity index (χ3n) is 4.69. The molecule has 118 valence electrons. The summed E-state index contributed by atoms with van der Waals surface area (Å²) in [6.07, 6.45) is 12.9. The van der Waals surface area contributed by atoms with Crippen molar-refractivity contribution in [1.82, 2.24) is 0 Å². The maximum absolute atomic E-state index is 13.8. The van der Waals surface area contributed by atoms with Gasteiger partial charge in [-0.15, -0.1) is 0 Å². The van der Waals surface area contributed by atoms with Crippen molar-refractivity contribution < 1.29 is 4.39 Å². The fourth-order valence-electron chi connectivity index (χ4n) is 3.26. The monoisotopic (exact) mass is 298 g/mol. The van der Waals surface area contributed by atoms with Crippen molar-refractivity contribution in [3.63, 3.8) is 0 Å². The quantitative estimate of drug-likeness (QED) is 0.607. The molecule has 0 nitrogen and oxygen atoms in total. The fraction of sp³-hybridized carbons (Fsp3) is 0.524. The van der Waals surface area contributed by atoms with Crippen LogP contribution in [0.2, 0.25) is 0 Å². The third kappa shape index (κ3) is 5.02. The van der Waals surface area contributed by atoms with Gasteiger partial charge >= 0.3 is 0 Å². The predicted octanol–water partition coefficient (Wildman–Crippen LogP) is 5.90. The second-order valence-electron chi connectivity index (χ2n) is 6.37. The van der Waals surface area contributed by atoms with E-state index >= 15 is 0 Å². The van der Waals surface area contributed by atoms with Gasteiger partial charge in [0, 0.05) is 0 Å². The topological polar surface area (TPSA) is 0 Å². The lowest BCUT2D eigenvalue weighted by Crippen LogP contribution is -2.12. The summed E-state index contributed by atoms with van der Waals surface area (Å²) in [5.74, 6) is 7.30. The molecule has 1 aromatic carbocycles. The number of rotatable bonds is 4. The van der Waals surface area contributed by atoms with Gasteiger partial charge < -0.3 is 0 Å². The Balaban J connectivity index is 1.86. The van der Waals surface area contributed by atoms with Crippen LogP contribution in [0.3, 0.4) is 0 Å². The van der Waals surface area contributed by atoms with Crippen LogP contribution in [-0.4, -0.2) is 0 Å². The number of allylic oxidation sites excluding steroid dienone is 2. The van der Waals surface area contributed by atoms with Gasteiger partial charge in [-0.3, -0.25) is 0 Å². The Hall–Kier alpha value is -1.55. The molecule has 1 fully saturated rings. The number of hydrogen-bond donors (Lipinski definition) is 0. The van der Waals surface area contributed by atoms with Crippen LogP contribution >= 0.6 is 0 Å². The van der Waals surface area contributed by atoms with E-state index in [-0.39, 0.29) is 5.82 Å². The summed E-state index contributed by atoms with van der Waals surface area (Å²) in [6.45, 7) is 4.30. The van der Waals surface area contributed by atoms with Gasteiger partial charge in [-0.2, -0.15) is 0 Å². The van der Waals surface area contributed by atoms with E-state index in [9.17, 15) is 4.39 Å². The zero-order chi connectivity index (χ0) is 15.8. The lowest BCUT2D eigenvalue weighted by Gasteiger charge is -2.26. The van der Waals surface area contributed by atoms with Crippen LogP contribution in [0.15, 0.2) is 30.4 Å². The van der Waals surface area contributed by atoms with Gasteiger partial charge in [0.05, 0.1) is 5.56 Å². The van der Waals surface area contributed by atoms with Gasteiger partial charge in [0.15, 0.2) is 0 Å². The maximum atomic E-state index is 13.8. The molecule has 1 heteroatoms. The molecule has 1 aliphatic rings. The van der Waals surface area contributed by atoms with Crippen molar-refractivity contribution in [2.24, 2.45) is 11.8 Å². The Kier molecular flexibility index (Phi) is 6.72. The Morgan fingerprint density at radius 3 is 2.59 bits per heavy atom. The van der Waals surface area contributed by atoms with Crippen molar-refractivity contribution >= 4 is 0 Å². The molecule has 0 amide bonds. The van der Waals surface area contributed by atoms with Gasteiger partial charge in [-0.05, 0) is 67.7 Å². The molecule has 2 rings (SSSR count). The van der Waals surface area contributed by atoms with Crippen LogP contribution in [0.4, 0.5) is 4.39 Å². The molecule has 1 saturated carbocycles. The minimum atomic E-state index is -0.208. The Bertz CT molecular complexity index is 551. The van der Waals surface area contributed by atoms with Gasteiger partial charge in [0.25, 0.3) is 0 Å². The summed E-state index contributed by atoms with van der Waals surface area (Å²) < 4.78 is 13.8. The van der Waals surface area contributed by atoms with Crippen molar-refractivity contribution in [3.8, 4) is 11.8 Å². The first kappa shape index (κ1) is 16.8. The zero-order valence-corrected chi connectivity index (χ0v) is 13.9. The molecule has 1 aliphatic carbocycles. The number of benzene rings is 1. The van der Waals surface area contributed by atoms with Crippen molar-refractivity contribution in [2.45, 2.75) is 58.8 Å². The van der Waals surface area contributed by atoms with E-state index < -0.39 is 0 Å². The Morgan fingerprint density at radius 1 is 1.18 bits per heavy atom. The first-order valence-corrected chi connectivity index (χ1v) is 8.69. The van der Waals surface area contributed by atoms with Gasteiger partial charge in [0.1, 0.15) is 5.82 Å². The van der Waals surface area contributed by atoms with E-state index in [1.165, 1.54) is 38.5 Å². The average molecular weight is 298 g/mol. The Labute approximate surface area is 134 Å². The number of hydrogen-bond acceptors (Lipinski definition) is 0. The smallest absolute Gasteiger partial charge is 0.139 e. The molecule has 0 saturated heterocycles. The highest BCUT2D eigenvalue weighted by Crippen LogP contribution is 2.31. The molecular weight excluding hydrogens is 271 g/mol. The standard InChI is InChI=1S/C21H27F/c1-3-7-18-10-12-19(13-11-18)8-5-6-9-20-15-14-17(4-2)16-21(20)22/h5,8,14-16,18-19H,3-4,7,10-13H2,1-2H3/t18-,19-. The first-order valence-electron chi connectivity index (χ1n) is 8.69. The Morgan fingerprint density at radius 2 is 1.95 bits per heavy atom. The minimum Gasteiger partial charge on any atom is -0.206 e. The third-order valence-corrected chi connectivity index (χ3v) is 4.69. The molecule has 0 aliphatic heterocycles. The number of aryl methyl sites for hydroxylation is 1. The van der Waals surface area contributed by atoms with Gasteiger partial charge in [-0.25, -0.2) is 4.39 Å². The zero-order valence-electron chi connectivity index (χ0n) is 13.9. The van der Waals surface area contributed by atoms with Crippen LogP contribution in [0.25, 0.3) is 0 Å². The van der Waals surface area contributed by atoms with E-state index in [1.54, 1.807) is 12.1 Å². The first-order chi connectivity index (χ1) is 10.7. The van der Waals surface area contributed by atoms with E-state index in [0.717, 1.165) is 17.9 Å². The lowest BCUT2D eigenvalue weighted by molar-refractivity contribution is 0.294. The summed E-state index contributed by atoms with van der Waals surface area (Å²) in [5.41, 5.74) is 1.51. The van der Waals surface area contributed by atoms with Crippen LogP contribution < -0.4 is 0 Å². The predicted molar refractivity (Wildman–Crippen MR) is 92.2 cm³/mol. The van der Waals surface area contributed by atoms with Crippen LogP contribution in [0.1, 0.15) is 63.5 Å². The molecule has 22 heavy (non-hydrogen) atoms. The van der Waals surface area contributed by atoms with Crippen LogP contribution in [0.5, 0.6) is 0 Å². The van der Waals surface area contributed by atoms with Crippen molar-refractivity contribution in [3.05, 3.63) is 47.3 Å². The largest absolute Gasteiger partial charge is 0.206 e. The molecule has 1 aromatic rings. The summed E-state index contributed by atoms with van der Waals surface area (Å²) in [4.78, 5) is 0. The van der Waals surface area contributed by atoms with E-state index in [1.807, 2.05) is 19.1 Å². The molecule has 0 aromatic heterocycles. The second-order valence-corrected chi connectivity index (χ2v) is 6.37. The van der Waals surface area contributed by atoms with E-state index in [0.29, 0.717) is 11.5 Å². The number of halogens is 1. The van der Waals surface area contributed by atoms with E-state index in [4.69, 9.17) is 0 Å². The summed E-state index contributed by atoms with van der Waals surface area (Å²) in [5, 5.41) is 0. The minimum absolute atomic E-state index is 0.208. The molecule has 0 atom stereocenters. The van der Waals surface area contributed by atoms with Crippen LogP contribution in [0, 0.1) is 29.5 Å². The maximum Gasteiger partial charge on any atom is 0.139 e. The SMILES string of the molecule is CCC[C@H]1CC[C@H](C=CC#Cc2ccc(CC)cc2F)CC1. The van der Waals surface area contributed by atoms with Crippen molar-refractivity contribution in [1.29, 1.82) is 0 Å². The second kappa shape index (κ2) is 8.79. The fourth-order valence-corrected chi connectivity index (χ4v) is 3.26. The van der Waals surface area contributed by atoms with Gasteiger partial charge in [-0.1, -0.05) is 50.7 Å². The summed E-state index contributed by atoms with van der Waals surface area (Å²) in [7, 11) is 0. The molecule has 0 unspecified atom stereocenters. The summed E-state index contributed by atoms with van der Waals surface area (Å²) >= 11 is 0. The lowest BCUT2D eigenvalue weighted by atomic mass is 9.80. The highest BCUT2D eigenvalue weighted by atomic mass is 19.1. The molecule has 0 radical (unpaired) electrons. The highest BCUT2D eigenvalue weighted by molar-refractivity contribution is 5.39. The van der Waals surface area contributed by atoms with Crippen LogP contribution in [-0.2, 0) is 6.42 Å². The molecule has 0 spiro atoms. The molecule has 0 heterocycles. The van der Waals surface area contributed by atoms with E-state index in [2.05, 4.69) is 24.8 Å². The van der Waals surface area contributed by atoms with Crippen molar-refractivity contribution in [2.75, 3.05) is 0 Å².